The lowest BCUT2D eigenvalue weighted by Gasteiger charge is -2.11. The third-order valence-electron chi connectivity index (χ3n) is 19.8. The average Bonchev–Trinajstić information content (AvgIpc) is 1.58. The van der Waals surface area contributed by atoms with Crippen LogP contribution in [0.1, 0.15) is 0 Å². The summed E-state index contributed by atoms with van der Waals surface area (Å²) in [6, 6.07) is 139. The predicted octanol–water partition coefficient (Wildman–Crippen LogP) is 26.8. The summed E-state index contributed by atoms with van der Waals surface area (Å²) in [6.07, 6.45) is 0. The fraction of sp³-hybridized carbons (Fsp3) is 0. The molecule has 4 nitrogen and oxygen atoms in total. The number of fused-ring (bicyclic) bond motifs is 12. The van der Waals surface area contributed by atoms with Crippen molar-refractivity contribution >= 4 is 103 Å². The van der Waals surface area contributed by atoms with E-state index in [4.69, 9.17) is 0 Å². The molecule has 0 amide bonds. The molecule has 1 N–H and O–H groups in total. The van der Waals surface area contributed by atoms with Gasteiger partial charge in [0.1, 0.15) is 0 Å². The first-order chi connectivity index (χ1) is 50.0. The summed E-state index contributed by atoms with van der Waals surface area (Å²) in [5, 5.41) is 10.1. The van der Waals surface area contributed by atoms with Gasteiger partial charge in [-0.3, -0.25) is 0 Å². The van der Waals surface area contributed by atoms with Crippen molar-refractivity contribution in [2.24, 2.45) is 0 Å². The first kappa shape index (κ1) is 60.6. The van der Waals surface area contributed by atoms with Crippen LogP contribution in [0.4, 0.5) is 0 Å². The van der Waals surface area contributed by atoms with E-state index in [0.29, 0.717) is 0 Å². The molecule has 16 aromatic carbocycles. The molecule has 101 heavy (non-hydrogen) atoms. The summed E-state index contributed by atoms with van der Waals surface area (Å²) in [5.74, 6) is 0. The summed E-state index contributed by atoms with van der Waals surface area (Å²) in [7, 11) is 0. The monoisotopic (exact) mass is 1350 g/mol. The van der Waals surface area contributed by atoms with E-state index in [9.17, 15) is 0 Å². The second kappa shape index (κ2) is 26.2. The standard InChI is InChI=1S/C48H32N2.C30H20N2.C18H13Br/c1-3-11-33(12-4-1)34-19-21-35(22-20-34)36-23-27-40(28-24-36)50-46-18-10-8-16-42(46)44-32-38(26-30-48(44)50)37-25-29-47-43(31-37)41-15-7-9-17-45(41)49(47)39-13-5-2-6-14-39;1-2-8-22(9-3-1)32-29-13-7-5-11-24(29)26-19-21(15-17-30(26)32)20-14-16-28-25(18-20)23-10-4-6-12-27(23)31-28;19-18-12-10-17(11-13-18)16-8-6-15(7-9-16)14-4-2-1-3-5-14/h1-32H;1-19,31H;1-13H. The summed E-state index contributed by atoms with van der Waals surface area (Å²) >= 11 is 3.46. The van der Waals surface area contributed by atoms with Crippen LogP contribution in [0.3, 0.4) is 0 Å². The normalized spacial score (nSPS) is 11.4. The van der Waals surface area contributed by atoms with Crippen molar-refractivity contribution in [3.05, 3.63) is 393 Å². The van der Waals surface area contributed by atoms with Crippen LogP contribution in [0.2, 0.25) is 0 Å². The van der Waals surface area contributed by atoms with Gasteiger partial charge in [-0.25, -0.2) is 0 Å². The predicted molar refractivity (Wildman–Crippen MR) is 432 cm³/mol. The molecule has 0 bridgehead atoms. The Balaban J connectivity index is 0.000000122. The second-order valence-corrected chi connectivity index (χ2v) is 26.7. The van der Waals surface area contributed by atoms with E-state index in [1.165, 1.54) is 165 Å². The third kappa shape index (κ3) is 11.4. The van der Waals surface area contributed by atoms with Gasteiger partial charge in [0.05, 0.1) is 33.1 Å². The second-order valence-electron chi connectivity index (χ2n) is 25.8. The third-order valence-corrected chi connectivity index (χ3v) is 20.4. The van der Waals surface area contributed by atoms with Crippen LogP contribution in [0.5, 0.6) is 0 Å². The smallest absolute Gasteiger partial charge is 0.0541 e. The summed E-state index contributed by atoms with van der Waals surface area (Å²) in [6.45, 7) is 0. The SMILES string of the molecule is Brc1ccc(-c2ccc(-c3ccccc3)cc2)cc1.c1ccc(-c2ccc(-c3ccc(-n4c5ccccc5c5cc(-c6ccc7c(c6)c6ccccc6n7-c6ccccc6)ccc54)cc3)cc2)cc1.c1ccc(-n2c3ccccc3c3cc(-c4ccc5[nH]c6ccccc6c5c4)ccc32)cc1. The van der Waals surface area contributed by atoms with Gasteiger partial charge in [0.2, 0.25) is 0 Å². The molecule has 0 radical (unpaired) electrons. The first-order valence-electron chi connectivity index (χ1n) is 34.4. The van der Waals surface area contributed by atoms with Crippen molar-refractivity contribution in [1.29, 1.82) is 0 Å². The number of para-hydroxylation sites is 6. The Kier molecular flexibility index (Phi) is 15.7. The zero-order chi connectivity index (χ0) is 67.2. The zero-order valence-corrected chi connectivity index (χ0v) is 56.8. The maximum Gasteiger partial charge on any atom is 0.0541 e. The lowest BCUT2D eigenvalue weighted by atomic mass is 10.00. The molecule has 0 spiro atoms. The van der Waals surface area contributed by atoms with Gasteiger partial charge in [-0.1, -0.05) is 283 Å². The molecule has 0 aliphatic heterocycles. The van der Waals surface area contributed by atoms with E-state index in [-0.39, 0.29) is 0 Å². The molecule has 4 aromatic heterocycles. The molecular weight excluding hydrogens is 1290 g/mol. The number of aromatic amines is 1. The molecule has 5 heteroatoms. The van der Waals surface area contributed by atoms with Crippen molar-refractivity contribution in [3.63, 3.8) is 0 Å². The number of rotatable bonds is 9. The van der Waals surface area contributed by atoms with Crippen LogP contribution < -0.4 is 0 Å². The van der Waals surface area contributed by atoms with E-state index < -0.39 is 0 Å². The lowest BCUT2D eigenvalue weighted by molar-refractivity contribution is 1.18. The Hall–Kier alpha value is -12.8. The van der Waals surface area contributed by atoms with E-state index in [2.05, 4.69) is 417 Å². The minimum absolute atomic E-state index is 1.11. The highest BCUT2D eigenvalue weighted by molar-refractivity contribution is 9.10. The van der Waals surface area contributed by atoms with E-state index in [1.807, 2.05) is 6.07 Å². The van der Waals surface area contributed by atoms with E-state index >= 15 is 0 Å². The van der Waals surface area contributed by atoms with E-state index in [0.717, 1.165) is 10.2 Å². The van der Waals surface area contributed by atoms with E-state index in [1.54, 1.807) is 0 Å². The van der Waals surface area contributed by atoms with Crippen LogP contribution in [0, 0.1) is 0 Å². The topological polar surface area (TPSA) is 30.6 Å². The fourth-order valence-electron chi connectivity index (χ4n) is 14.9. The number of aromatic nitrogens is 4. The molecule has 20 aromatic rings. The molecule has 0 aliphatic carbocycles. The Morgan fingerprint density at radius 3 is 0.802 bits per heavy atom. The average molecular weight is 1350 g/mol. The number of benzene rings is 16. The van der Waals surface area contributed by atoms with Gasteiger partial charge in [-0.2, -0.15) is 0 Å². The number of H-pyrrole nitrogens is 1. The number of hydrogen-bond donors (Lipinski definition) is 1. The Labute approximate surface area is 594 Å². The molecule has 0 saturated heterocycles. The first-order valence-corrected chi connectivity index (χ1v) is 35.2. The zero-order valence-electron chi connectivity index (χ0n) is 55.2. The minimum Gasteiger partial charge on any atom is -0.355 e. The van der Waals surface area contributed by atoms with Crippen LogP contribution >= 0.6 is 15.9 Å². The molecule has 0 saturated carbocycles. The maximum atomic E-state index is 3.53. The molecule has 0 aliphatic rings. The molecule has 0 atom stereocenters. The van der Waals surface area contributed by atoms with Crippen molar-refractivity contribution in [3.8, 4) is 83.8 Å². The Bertz CT molecular complexity index is 6390. The Morgan fingerprint density at radius 2 is 0.416 bits per heavy atom. The van der Waals surface area contributed by atoms with Gasteiger partial charge in [0, 0.05) is 75.7 Å². The Morgan fingerprint density at radius 1 is 0.168 bits per heavy atom. The highest BCUT2D eigenvalue weighted by Crippen LogP contribution is 2.41. The number of nitrogens with one attached hydrogen (secondary N) is 1. The maximum absolute atomic E-state index is 3.53. The van der Waals surface area contributed by atoms with Gasteiger partial charge in [-0.15, -0.1) is 0 Å². The van der Waals surface area contributed by atoms with Gasteiger partial charge < -0.3 is 18.7 Å². The van der Waals surface area contributed by atoms with Gasteiger partial charge >= 0.3 is 0 Å². The van der Waals surface area contributed by atoms with Crippen LogP contribution in [-0.4, -0.2) is 18.7 Å². The molecular formula is C96H65BrN4. The summed E-state index contributed by atoms with van der Waals surface area (Å²) < 4.78 is 8.23. The van der Waals surface area contributed by atoms with Crippen LogP contribution in [-0.2, 0) is 0 Å². The van der Waals surface area contributed by atoms with Crippen LogP contribution in [0.25, 0.3) is 171 Å². The number of hydrogen-bond acceptors (Lipinski definition) is 0. The summed E-state index contributed by atoms with van der Waals surface area (Å²) in [4.78, 5) is 3.53. The van der Waals surface area contributed by atoms with Crippen LogP contribution in [0.15, 0.2) is 393 Å². The quantitative estimate of drug-likeness (QED) is 0.149. The highest BCUT2D eigenvalue weighted by atomic mass is 79.9. The molecule has 0 unspecified atom stereocenters. The molecule has 4 heterocycles. The number of nitrogens with zero attached hydrogens (tertiary/aromatic N) is 3. The lowest BCUT2D eigenvalue weighted by Crippen LogP contribution is -1.94. The van der Waals surface area contributed by atoms with Gasteiger partial charge in [0.25, 0.3) is 0 Å². The highest BCUT2D eigenvalue weighted by Gasteiger charge is 2.18. The largest absolute Gasteiger partial charge is 0.355 e. The van der Waals surface area contributed by atoms with Gasteiger partial charge in [0.15, 0.2) is 0 Å². The molecule has 0 fully saturated rings. The fourth-order valence-corrected chi connectivity index (χ4v) is 15.2. The van der Waals surface area contributed by atoms with Crippen molar-refractivity contribution in [2.75, 3.05) is 0 Å². The molecule has 20 rings (SSSR count). The summed E-state index contributed by atoms with van der Waals surface area (Å²) in [5.41, 5.74) is 28.0. The van der Waals surface area contributed by atoms with Gasteiger partial charge in [-0.05, 0) is 188 Å². The molecule has 476 valence electrons. The number of halogens is 1. The van der Waals surface area contributed by atoms with Crippen molar-refractivity contribution in [2.45, 2.75) is 0 Å². The van der Waals surface area contributed by atoms with Crippen molar-refractivity contribution < 1.29 is 0 Å². The van der Waals surface area contributed by atoms with Crippen molar-refractivity contribution in [1.82, 2.24) is 18.7 Å². The minimum atomic E-state index is 1.11.